The monoisotopic (exact) mass is 360 g/mol. The maximum absolute atomic E-state index is 12.8. The van der Waals surface area contributed by atoms with Gasteiger partial charge in [-0.2, -0.15) is 0 Å². The highest BCUT2D eigenvalue weighted by molar-refractivity contribution is 6.29. The zero-order chi connectivity index (χ0) is 17.8. The van der Waals surface area contributed by atoms with Gasteiger partial charge in [-0.3, -0.25) is 4.79 Å². The molecule has 2 aromatic heterocycles. The lowest BCUT2D eigenvalue weighted by atomic mass is 9.89. The van der Waals surface area contributed by atoms with Crippen LogP contribution in [0.2, 0.25) is 5.15 Å². The van der Waals surface area contributed by atoms with Crippen molar-refractivity contribution in [2.75, 3.05) is 20.2 Å². The summed E-state index contributed by atoms with van der Waals surface area (Å²) in [6, 6.07) is 9.01. The van der Waals surface area contributed by atoms with Crippen molar-refractivity contribution >= 4 is 17.5 Å². The van der Waals surface area contributed by atoms with E-state index in [1.165, 1.54) is 0 Å². The average molecular weight is 361 g/mol. The van der Waals surface area contributed by atoms with Crippen LogP contribution in [0.5, 0.6) is 5.88 Å². The van der Waals surface area contributed by atoms with Gasteiger partial charge in [0.25, 0.3) is 0 Å². The van der Waals surface area contributed by atoms with Gasteiger partial charge in [0.1, 0.15) is 5.15 Å². The Kier molecular flexibility index (Phi) is 5.50. The van der Waals surface area contributed by atoms with Crippen molar-refractivity contribution in [3.63, 3.8) is 0 Å². The van der Waals surface area contributed by atoms with Gasteiger partial charge in [-0.25, -0.2) is 9.97 Å². The van der Waals surface area contributed by atoms with E-state index in [1.54, 1.807) is 25.4 Å². The molecule has 3 atom stereocenters. The first kappa shape index (κ1) is 17.6. The minimum Gasteiger partial charge on any atom is -0.481 e. The molecule has 25 heavy (non-hydrogen) atoms. The number of nitrogens with zero attached hydrogens (tertiary/aromatic N) is 2. The highest BCUT2D eigenvalue weighted by Crippen LogP contribution is 2.29. The number of hydrogen-bond donors (Lipinski definition) is 2. The van der Waals surface area contributed by atoms with E-state index in [4.69, 9.17) is 16.3 Å². The Morgan fingerprint density at radius 3 is 2.92 bits per heavy atom. The van der Waals surface area contributed by atoms with Gasteiger partial charge in [-0.1, -0.05) is 23.7 Å². The third-order valence-electron chi connectivity index (χ3n) is 4.49. The smallest absolute Gasteiger partial charge is 0.225 e. The van der Waals surface area contributed by atoms with Gasteiger partial charge in [0, 0.05) is 31.3 Å². The summed E-state index contributed by atoms with van der Waals surface area (Å²) >= 11 is 5.86. The second-order valence-electron chi connectivity index (χ2n) is 6.12. The van der Waals surface area contributed by atoms with Crippen molar-refractivity contribution in [3.8, 4) is 5.88 Å². The molecule has 0 aromatic carbocycles. The van der Waals surface area contributed by atoms with Crippen molar-refractivity contribution in [2.45, 2.75) is 18.9 Å². The number of nitrogens with one attached hydrogen (secondary N) is 2. The maximum atomic E-state index is 12.8. The first-order chi connectivity index (χ1) is 12.1. The largest absolute Gasteiger partial charge is 0.481 e. The Labute approximate surface area is 152 Å². The predicted molar refractivity (Wildman–Crippen MR) is 95.7 cm³/mol. The van der Waals surface area contributed by atoms with Crippen molar-refractivity contribution in [1.29, 1.82) is 0 Å². The highest BCUT2D eigenvalue weighted by atomic mass is 35.5. The lowest BCUT2D eigenvalue weighted by Crippen LogP contribution is -2.36. The molecule has 1 saturated heterocycles. The molecule has 1 aliphatic heterocycles. The molecule has 0 radical (unpaired) electrons. The van der Waals surface area contributed by atoms with E-state index in [0.717, 1.165) is 17.8 Å². The molecule has 1 fully saturated rings. The number of rotatable bonds is 5. The molecule has 0 saturated carbocycles. The number of carbonyl (C=O) groups is 1. The van der Waals surface area contributed by atoms with Crippen LogP contribution in [0.4, 0.5) is 0 Å². The van der Waals surface area contributed by atoms with Crippen LogP contribution in [0, 0.1) is 5.92 Å². The fraction of sp³-hybridized carbons (Fsp3) is 0.389. The summed E-state index contributed by atoms with van der Waals surface area (Å²) in [6.45, 7) is 3.30. The zero-order valence-corrected chi connectivity index (χ0v) is 15.0. The SMILES string of the molecule is COc1cccc(C(C)NC(=O)C2CNCC2c2ccc(Cl)nc2)n1. The first-order valence-corrected chi connectivity index (χ1v) is 8.59. The van der Waals surface area contributed by atoms with Gasteiger partial charge in [0.05, 0.1) is 24.8 Å². The Balaban J connectivity index is 1.70. The van der Waals surface area contributed by atoms with Crippen LogP contribution in [0.25, 0.3) is 0 Å². The van der Waals surface area contributed by atoms with Crippen LogP contribution >= 0.6 is 11.6 Å². The van der Waals surface area contributed by atoms with Gasteiger partial charge in [0.15, 0.2) is 0 Å². The van der Waals surface area contributed by atoms with Crippen LogP contribution in [0.3, 0.4) is 0 Å². The van der Waals surface area contributed by atoms with Crippen molar-refractivity contribution in [3.05, 3.63) is 52.9 Å². The van der Waals surface area contributed by atoms with Gasteiger partial charge in [-0.05, 0) is 24.6 Å². The van der Waals surface area contributed by atoms with E-state index in [-0.39, 0.29) is 23.8 Å². The van der Waals surface area contributed by atoms with Crippen molar-refractivity contribution < 1.29 is 9.53 Å². The van der Waals surface area contributed by atoms with E-state index >= 15 is 0 Å². The van der Waals surface area contributed by atoms with Gasteiger partial charge in [-0.15, -0.1) is 0 Å². The molecule has 1 aliphatic rings. The molecule has 1 amide bonds. The average Bonchev–Trinajstić information content (AvgIpc) is 3.12. The Bertz CT molecular complexity index is 738. The fourth-order valence-corrected chi connectivity index (χ4v) is 3.20. The summed E-state index contributed by atoms with van der Waals surface area (Å²) in [7, 11) is 1.57. The molecule has 2 aromatic rings. The Morgan fingerprint density at radius 1 is 1.36 bits per heavy atom. The topological polar surface area (TPSA) is 76.1 Å². The molecular formula is C18H21ClN4O2. The van der Waals surface area contributed by atoms with Crippen LogP contribution < -0.4 is 15.4 Å². The van der Waals surface area contributed by atoms with Gasteiger partial charge >= 0.3 is 0 Å². The van der Waals surface area contributed by atoms with Crippen LogP contribution in [-0.2, 0) is 4.79 Å². The number of methoxy groups -OCH3 is 1. The molecule has 132 valence electrons. The predicted octanol–water partition coefficient (Wildman–Crippen LogP) is 2.32. The number of halogens is 1. The lowest BCUT2D eigenvalue weighted by molar-refractivity contribution is -0.125. The highest BCUT2D eigenvalue weighted by Gasteiger charge is 2.34. The molecule has 0 spiro atoms. The number of amides is 1. The minimum absolute atomic E-state index is 0.00192. The summed E-state index contributed by atoms with van der Waals surface area (Å²) in [6.07, 6.45) is 1.74. The summed E-state index contributed by atoms with van der Waals surface area (Å²) < 4.78 is 5.14. The molecule has 7 heteroatoms. The van der Waals surface area contributed by atoms with E-state index < -0.39 is 0 Å². The molecule has 6 nitrogen and oxygen atoms in total. The molecule has 3 rings (SSSR count). The normalized spacial score (nSPS) is 20.9. The van der Waals surface area contributed by atoms with Crippen molar-refractivity contribution in [1.82, 2.24) is 20.6 Å². The first-order valence-electron chi connectivity index (χ1n) is 8.22. The van der Waals surface area contributed by atoms with Crippen molar-refractivity contribution in [2.24, 2.45) is 5.92 Å². The number of hydrogen-bond acceptors (Lipinski definition) is 5. The summed E-state index contributed by atoms with van der Waals surface area (Å²) in [5.74, 6) is 0.458. The Morgan fingerprint density at radius 2 is 2.20 bits per heavy atom. The quantitative estimate of drug-likeness (QED) is 0.800. The molecule has 3 heterocycles. The molecular weight excluding hydrogens is 340 g/mol. The van der Waals surface area contributed by atoms with E-state index in [1.807, 2.05) is 25.1 Å². The summed E-state index contributed by atoms with van der Waals surface area (Å²) in [4.78, 5) is 21.3. The van der Waals surface area contributed by atoms with E-state index in [9.17, 15) is 4.79 Å². The fourth-order valence-electron chi connectivity index (χ4n) is 3.09. The molecule has 2 N–H and O–H groups in total. The minimum atomic E-state index is -0.202. The van der Waals surface area contributed by atoms with E-state index in [2.05, 4.69) is 20.6 Å². The zero-order valence-electron chi connectivity index (χ0n) is 14.2. The van der Waals surface area contributed by atoms with Crippen LogP contribution in [-0.4, -0.2) is 36.1 Å². The molecule has 0 bridgehead atoms. The summed E-state index contributed by atoms with van der Waals surface area (Å²) in [5.41, 5.74) is 1.78. The second kappa shape index (κ2) is 7.80. The maximum Gasteiger partial charge on any atom is 0.225 e. The van der Waals surface area contributed by atoms with Gasteiger partial charge in [0.2, 0.25) is 11.8 Å². The van der Waals surface area contributed by atoms with E-state index in [0.29, 0.717) is 17.6 Å². The number of aromatic nitrogens is 2. The van der Waals surface area contributed by atoms with Crippen LogP contribution in [0.1, 0.15) is 30.1 Å². The number of ether oxygens (including phenoxy) is 1. The number of pyridine rings is 2. The Hall–Kier alpha value is -2.18. The molecule has 0 aliphatic carbocycles. The third-order valence-corrected chi connectivity index (χ3v) is 4.71. The molecule has 3 unspecified atom stereocenters. The standard InChI is InChI=1S/C18H21ClN4O2/c1-11(15-4-3-5-17(23-15)25-2)22-18(24)14-10-20-9-13(14)12-6-7-16(19)21-8-12/h3-8,11,13-14,20H,9-10H2,1-2H3,(H,22,24). The number of carbonyl (C=O) groups excluding carboxylic acids is 1. The van der Waals surface area contributed by atoms with Crippen LogP contribution in [0.15, 0.2) is 36.5 Å². The third kappa shape index (κ3) is 4.08. The second-order valence-corrected chi connectivity index (χ2v) is 6.51. The lowest BCUT2D eigenvalue weighted by Gasteiger charge is -2.21. The van der Waals surface area contributed by atoms with Gasteiger partial charge < -0.3 is 15.4 Å². The summed E-state index contributed by atoms with van der Waals surface area (Å²) in [5, 5.41) is 6.80.